The highest BCUT2D eigenvalue weighted by atomic mass is 16.2. The lowest BCUT2D eigenvalue weighted by Gasteiger charge is -2.21. The summed E-state index contributed by atoms with van der Waals surface area (Å²) in [6, 6.07) is 24.0. The van der Waals surface area contributed by atoms with E-state index in [1.54, 1.807) is 12.3 Å². The second-order valence-corrected chi connectivity index (χ2v) is 6.10. The Hall–Kier alpha value is -3.20. The molecular weight excluding hydrogens is 320 g/mol. The summed E-state index contributed by atoms with van der Waals surface area (Å²) in [6.07, 6.45) is 7.89. The molecule has 0 saturated heterocycles. The van der Waals surface area contributed by atoms with E-state index in [0.29, 0.717) is 13.1 Å². The molecule has 3 heteroatoms. The third-order valence-electron chi connectivity index (χ3n) is 4.14. The van der Waals surface area contributed by atoms with Gasteiger partial charge in [-0.25, -0.2) is 0 Å². The number of hydrogen-bond acceptors (Lipinski definition) is 2. The Morgan fingerprint density at radius 2 is 1.58 bits per heavy atom. The molecule has 0 aliphatic carbocycles. The summed E-state index contributed by atoms with van der Waals surface area (Å²) in [4.78, 5) is 18.8. The summed E-state index contributed by atoms with van der Waals surface area (Å²) in [7, 11) is 0. The van der Waals surface area contributed by atoms with Crippen LogP contribution >= 0.6 is 0 Å². The molecule has 1 amide bonds. The molecule has 1 heterocycles. The number of rotatable bonds is 7. The van der Waals surface area contributed by atoms with E-state index in [1.807, 2.05) is 77.8 Å². The normalized spacial score (nSPS) is 10.8. The Morgan fingerprint density at radius 3 is 2.27 bits per heavy atom. The minimum absolute atomic E-state index is 0.00800. The number of carbonyl (C=O) groups is 1. The lowest BCUT2D eigenvalue weighted by atomic mass is 10.1. The van der Waals surface area contributed by atoms with Crippen LogP contribution in [-0.2, 0) is 17.8 Å². The van der Waals surface area contributed by atoms with Crippen LogP contribution in [0, 0.1) is 0 Å². The lowest BCUT2D eigenvalue weighted by Crippen LogP contribution is -2.31. The minimum Gasteiger partial charge on any atom is -0.334 e. The first-order chi connectivity index (χ1) is 12.8. The molecule has 1 aromatic heterocycles. The van der Waals surface area contributed by atoms with Crippen LogP contribution in [0.3, 0.4) is 0 Å². The Labute approximate surface area is 154 Å². The highest BCUT2D eigenvalue weighted by Gasteiger charge is 2.11. The fourth-order valence-corrected chi connectivity index (χ4v) is 2.73. The van der Waals surface area contributed by atoms with Crippen molar-refractivity contribution in [1.29, 1.82) is 0 Å². The molecule has 0 fully saturated rings. The summed E-state index contributed by atoms with van der Waals surface area (Å²) in [5, 5.41) is 0. The molecule has 0 spiro atoms. The predicted molar refractivity (Wildman–Crippen MR) is 105 cm³/mol. The van der Waals surface area contributed by atoms with Crippen LogP contribution in [0.4, 0.5) is 0 Å². The molecule has 0 radical (unpaired) electrons. The molecule has 26 heavy (non-hydrogen) atoms. The topological polar surface area (TPSA) is 33.2 Å². The van der Waals surface area contributed by atoms with Crippen molar-refractivity contribution in [2.45, 2.75) is 13.0 Å². The molecule has 3 nitrogen and oxygen atoms in total. The fourth-order valence-electron chi connectivity index (χ4n) is 2.73. The van der Waals surface area contributed by atoms with Gasteiger partial charge in [0.25, 0.3) is 0 Å². The van der Waals surface area contributed by atoms with Crippen molar-refractivity contribution in [2.75, 3.05) is 6.54 Å². The van der Waals surface area contributed by atoms with Crippen molar-refractivity contribution in [3.8, 4) is 0 Å². The van der Waals surface area contributed by atoms with Crippen LogP contribution in [-0.4, -0.2) is 22.3 Å². The van der Waals surface area contributed by atoms with Crippen LogP contribution in [0.15, 0.2) is 91.3 Å². The van der Waals surface area contributed by atoms with Gasteiger partial charge in [-0.1, -0.05) is 66.7 Å². The van der Waals surface area contributed by atoms with Crippen molar-refractivity contribution >= 4 is 12.0 Å². The van der Waals surface area contributed by atoms with Crippen LogP contribution < -0.4 is 0 Å². The van der Waals surface area contributed by atoms with E-state index in [2.05, 4.69) is 17.1 Å². The summed E-state index contributed by atoms with van der Waals surface area (Å²) < 4.78 is 0. The van der Waals surface area contributed by atoms with Crippen molar-refractivity contribution in [3.05, 3.63) is 108 Å². The van der Waals surface area contributed by atoms with E-state index in [4.69, 9.17) is 0 Å². The quantitative estimate of drug-likeness (QED) is 0.598. The molecule has 130 valence electrons. The molecule has 0 unspecified atom stereocenters. The molecule has 2 aromatic carbocycles. The maximum Gasteiger partial charge on any atom is 0.246 e. The molecule has 3 rings (SSSR count). The Morgan fingerprint density at radius 1 is 0.885 bits per heavy atom. The van der Waals surface area contributed by atoms with Gasteiger partial charge >= 0.3 is 0 Å². The lowest BCUT2D eigenvalue weighted by molar-refractivity contribution is -0.126. The summed E-state index contributed by atoms with van der Waals surface area (Å²) >= 11 is 0. The average molecular weight is 342 g/mol. The van der Waals surface area contributed by atoms with Crippen LogP contribution in [0.25, 0.3) is 6.08 Å². The summed E-state index contributed by atoms with van der Waals surface area (Å²) in [5.74, 6) is 0.00800. The van der Waals surface area contributed by atoms with E-state index >= 15 is 0 Å². The SMILES string of the molecule is O=C(C=Cc1ccccc1)N(CCc1ccccc1)Cc1cccnc1. The zero-order chi connectivity index (χ0) is 18.0. The number of benzene rings is 2. The van der Waals surface area contributed by atoms with Gasteiger partial charge in [0.15, 0.2) is 0 Å². The van der Waals surface area contributed by atoms with Gasteiger partial charge in [-0.15, -0.1) is 0 Å². The second-order valence-electron chi connectivity index (χ2n) is 6.10. The zero-order valence-corrected chi connectivity index (χ0v) is 14.7. The van der Waals surface area contributed by atoms with Gasteiger partial charge in [-0.2, -0.15) is 0 Å². The number of amides is 1. The first-order valence-electron chi connectivity index (χ1n) is 8.76. The summed E-state index contributed by atoms with van der Waals surface area (Å²) in [6.45, 7) is 1.22. The van der Waals surface area contributed by atoms with Crippen LogP contribution in [0.5, 0.6) is 0 Å². The highest BCUT2D eigenvalue weighted by Crippen LogP contribution is 2.09. The number of pyridine rings is 1. The fraction of sp³-hybridized carbons (Fsp3) is 0.130. The van der Waals surface area contributed by atoms with E-state index in [0.717, 1.165) is 17.5 Å². The smallest absolute Gasteiger partial charge is 0.246 e. The standard InChI is InChI=1S/C23H22N2O/c26-23(14-13-20-8-3-1-4-9-20)25(19-22-12-7-16-24-18-22)17-15-21-10-5-2-6-11-21/h1-14,16,18H,15,17,19H2. The van der Waals surface area contributed by atoms with E-state index in [-0.39, 0.29) is 5.91 Å². The van der Waals surface area contributed by atoms with Gasteiger partial charge in [-0.3, -0.25) is 9.78 Å². The number of aromatic nitrogens is 1. The van der Waals surface area contributed by atoms with Gasteiger partial charge in [0.1, 0.15) is 0 Å². The van der Waals surface area contributed by atoms with Gasteiger partial charge in [-0.05, 0) is 35.3 Å². The third kappa shape index (κ3) is 5.42. The van der Waals surface area contributed by atoms with Gasteiger partial charge < -0.3 is 4.90 Å². The van der Waals surface area contributed by atoms with Crippen molar-refractivity contribution in [2.24, 2.45) is 0 Å². The van der Waals surface area contributed by atoms with Crippen molar-refractivity contribution in [3.63, 3.8) is 0 Å². The second kappa shape index (κ2) is 9.33. The molecular formula is C23H22N2O. The highest BCUT2D eigenvalue weighted by molar-refractivity contribution is 5.91. The molecule has 0 N–H and O–H groups in total. The number of nitrogens with zero attached hydrogens (tertiary/aromatic N) is 2. The molecule has 0 aliphatic heterocycles. The van der Waals surface area contributed by atoms with E-state index < -0.39 is 0 Å². The Balaban J connectivity index is 1.70. The van der Waals surface area contributed by atoms with Crippen molar-refractivity contribution < 1.29 is 4.79 Å². The van der Waals surface area contributed by atoms with E-state index in [9.17, 15) is 4.79 Å². The maximum atomic E-state index is 12.8. The molecule has 0 bridgehead atoms. The van der Waals surface area contributed by atoms with E-state index in [1.165, 1.54) is 5.56 Å². The molecule has 0 saturated carbocycles. The third-order valence-corrected chi connectivity index (χ3v) is 4.14. The monoisotopic (exact) mass is 342 g/mol. The number of hydrogen-bond donors (Lipinski definition) is 0. The Bertz CT molecular complexity index is 830. The van der Waals surface area contributed by atoms with Gasteiger partial charge in [0.05, 0.1) is 0 Å². The van der Waals surface area contributed by atoms with Crippen molar-refractivity contribution in [1.82, 2.24) is 9.88 Å². The molecule has 0 atom stereocenters. The average Bonchev–Trinajstić information content (AvgIpc) is 2.71. The predicted octanol–water partition coefficient (Wildman–Crippen LogP) is 4.37. The first kappa shape index (κ1) is 17.6. The molecule has 3 aromatic rings. The van der Waals surface area contributed by atoms with Gasteiger partial charge in [0, 0.05) is 31.6 Å². The maximum absolute atomic E-state index is 12.8. The number of carbonyl (C=O) groups excluding carboxylic acids is 1. The largest absolute Gasteiger partial charge is 0.334 e. The first-order valence-corrected chi connectivity index (χ1v) is 8.76. The van der Waals surface area contributed by atoms with Gasteiger partial charge in [0.2, 0.25) is 5.91 Å². The zero-order valence-electron chi connectivity index (χ0n) is 14.7. The molecule has 0 aliphatic rings. The van der Waals surface area contributed by atoms with Crippen LogP contribution in [0.2, 0.25) is 0 Å². The Kier molecular flexibility index (Phi) is 6.32. The van der Waals surface area contributed by atoms with Crippen LogP contribution in [0.1, 0.15) is 16.7 Å². The minimum atomic E-state index is 0.00800. The summed E-state index contributed by atoms with van der Waals surface area (Å²) in [5.41, 5.74) is 3.27.